The van der Waals surface area contributed by atoms with E-state index in [1.807, 2.05) is 18.7 Å². The van der Waals surface area contributed by atoms with Crippen molar-refractivity contribution in [1.29, 1.82) is 0 Å². The monoisotopic (exact) mass is 350 g/mol. The summed E-state index contributed by atoms with van der Waals surface area (Å²) in [7, 11) is 0. The first-order valence-corrected chi connectivity index (χ1v) is 9.49. The average Bonchev–Trinajstić information content (AvgIpc) is 3.09. The molecule has 0 amide bonds. The van der Waals surface area contributed by atoms with Crippen LogP contribution in [0.3, 0.4) is 0 Å². The summed E-state index contributed by atoms with van der Waals surface area (Å²) in [6.07, 6.45) is 6.87. The summed E-state index contributed by atoms with van der Waals surface area (Å²) in [5.74, 6) is 1.56. The quantitative estimate of drug-likeness (QED) is 0.398. The lowest BCUT2D eigenvalue weighted by Crippen LogP contribution is -2.46. The van der Waals surface area contributed by atoms with Gasteiger partial charge in [-0.15, -0.1) is 0 Å². The largest absolute Gasteiger partial charge is 0.374 e. The summed E-state index contributed by atoms with van der Waals surface area (Å²) >= 11 is 0. The van der Waals surface area contributed by atoms with Gasteiger partial charge in [0.25, 0.3) is 0 Å². The van der Waals surface area contributed by atoms with Crippen LogP contribution in [0.25, 0.3) is 0 Å². The molecule has 1 aliphatic rings. The van der Waals surface area contributed by atoms with E-state index in [0.717, 1.165) is 58.3 Å². The first kappa shape index (κ1) is 19.7. The zero-order valence-corrected chi connectivity index (χ0v) is 15.9. The molecule has 1 aromatic heterocycles. The van der Waals surface area contributed by atoms with Gasteiger partial charge in [-0.1, -0.05) is 13.8 Å². The maximum atomic E-state index is 5.88. The van der Waals surface area contributed by atoms with E-state index in [0.29, 0.717) is 12.5 Å². The molecule has 7 nitrogen and oxygen atoms in total. The lowest BCUT2D eigenvalue weighted by molar-refractivity contribution is -0.0261. The van der Waals surface area contributed by atoms with Crippen molar-refractivity contribution in [3.63, 3.8) is 0 Å². The van der Waals surface area contributed by atoms with Gasteiger partial charge in [-0.25, -0.2) is 4.98 Å². The number of rotatable bonds is 9. The fraction of sp³-hybridized carbons (Fsp3) is 0.778. The van der Waals surface area contributed by atoms with Crippen LogP contribution in [-0.4, -0.2) is 72.4 Å². The topological polar surface area (TPSA) is 66.7 Å². The SMILES string of the molecule is CCNC(=NCC1CN(CC(C)C)CCO1)NCCCn1ccnc1. The smallest absolute Gasteiger partial charge is 0.191 e. The second-order valence-electron chi connectivity index (χ2n) is 6.95. The second kappa shape index (κ2) is 11.1. The van der Waals surface area contributed by atoms with Gasteiger partial charge in [0.1, 0.15) is 0 Å². The Balaban J connectivity index is 1.72. The normalized spacial score (nSPS) is 19.4. The molecule has 25 heavy (non-hydrogen) atoms. The molecular weight excluding hydrogens is 316 g/mol. The van der Waals surface area contributed by atoms with Gasteiger partial charge < -0.3 is 19.9 Å². The van der Waals surface area contributed by atoms with Crippen LogP contribution in [0.1, 0.15) is 27.2 Å². The summed E-state index contributed by atoms with van der Waals surface area (Å²) in [6, 6.07) is 0. The minimum absolute atomic E-state index is 0.189. The van der Waals surface area contributed by atoms with E-state index in [-0.39, 0.29) is 6.10 Å². The van der Waals surface area contributed by atoms with E-state index >= 15 is 0 Å². The number of aryl methyl sites for hydroxylation is 1. The van der Waals surface area contributed by atoms with Crippen molar-refractivity contribution in [3.05, 3.63) is 18.7 Å². The summed E-state index contributed by atoms with van der Waals surface area (Å²) in [6.45, 7) is 14.0. The minimum atomic E-state index is 0.189. The number of nitrogens with one attached hydrogen (secondary N) is 2. The van der Waals surface area contributed by atoms with Crippen molar-refractivity contribution >= 4 is 5.96 Å². The summed E-state index contributed by atoms with van der Waals surface area (Å²) in [5.41, 5.74) is 0. The molecule has 0 bridgehead atoms. The van der Waals surface area contributed by atoms with E-state index in [2.05, 4.69) is 45.9 Å². The van der Waals surface area contributed by atoms with E-state index in [1.165, 1.54) is 0 Å². The molecule has 0 spiro atoms. The lowest BCUT2D eigenvalue weighted by Gasteiger charge is -2.33. The Morgan fingerprint density at radius 2 is 2.28 bits per heavy atom. The molecule has 0 saturated carbocycles. The molecule has 1 atom stereocenters. The molecule has 7 heteroatoms. The molecule has 1 saturated heterocycles. The summed E-state index contributed by atoms with van der Waals surface area (Å²) in [5, 5.41) is 6.71. The molecule has 2 N–H and O–H groups in total. The van der Waals surface area contributed by atoms with Gasteiger partial charge >= 0.3 is 0 Å². The van der Waals surface area contributed by atoms with Gasteiger partial charge in [0.2, 0.25) is 0 Å². The first-order chi connectivity index (χ1) is 12.2. The maximum Gasteiger partial charge on any atom is 0.191 e. The second-order valence-corrected chi connectivity index (χ2v) is 6.95. The third-order valence-electron chi connectivity index (χ3n) is 4.09. The highest BCUT2D eigenvalue weighted by Crippen LogP contribution is 2.08. The van der Waals surface area contributed by atoms with E-state index < -0.39 is 0 Å². The minimum Gasteiger partial charge on any atom is -0.374 e. The molecule has 0 radical (unpaired) electrons. The van der Waals surface area contributed by atoms with Crippen LogP contribution in [0.5, 0.6) is 0 Å². The number of morpholine rings is 1. The summed E-state index contributed by atoms with van der Waals surface area (Å²) in [4.78, 5) is 11.3. The standard InChI is InChI=1S/C18H34N6O/c1-4-20-18(21-6-5-8-23-9-7-19-15-23)22-12-17-14-24(10-11-25-17)13-16(2)3/h7,9,15-17H,4-6,8,10-14H2,1-3H3,(H2,20,21,22). The molecule has 0 aliphatic carbocycles. The molecule has 2 heterocycles. The highest BCUT2D eigenvalue weighted by atomic mass is 16.5. The van der Waals surface area contributed by atoms with Gasteiger partial charge in [0.05, 0.1) is 25.6 Å². The Morgan fingerprint density at radius 1 is 1.40 bits per heavy atom. The van der Waals surface area contributed by atoms with Gasteiger partial charge in [-0.2, -0.15) is 0 Å². The van der Waals surface area contributed by atoms with Crippen LogP contribution in [0.4, 0.5) is 0 Å². The fourth-order valence-electron chi connectivity index (χ4n) is 3.00. The number of hydrogen-bond donors (Lipinski definition) is 2. The van der Waals surface area contributed by atoms with Crippen molar-refractivity contribution in [1.82, 2.24) is 25.1 Å². The van der Waals surface area contributed by atoms with Crippen molar-refractivity contribution in [2.45, 2.75) is 39.8 Å². The van der Waals surface area contributed by atoms with Crippen LogP contribution >= 0.6 is 0 Å². The van der Waals surface area contributed by atoms with Gasteiger partial charge in [-0.05, 0) is 19.3 Å². The highest BCUT2D eigenvalue weighted by molar-refractivity contribution is 5.79. The van der Waals surface area contributed by atoms with Crippen LogP contribution < -0.4 is 10.6 Å². The maximum absolute atomic E-state index is 5.88. The number of ether oxygens (including phenoxy) is 1. The zero-order valence-electron chi connectivity index (χ0n) is 15.9. The molecule has 1 fully saturated rings. The Hall–Kier alpha value is -1.60. The Kier molecular flexibility index (Phi) is 8.76. The van der Waals surface area contributed by atoms with Crippen LogP contribution in [0.2, 0.25) is 0 Å². The third-order valence-corrected chi connectivity index (χ3v) is 4.09. The Morgan fingerprint density at radius 3 is 3.00 bits per heavy atom. The molecule has 1 aliphatic heterocycles. The highest BCUT2D eigenvalue weighted by Gasteiger charge is 2.20. The van der Waals surface area contributed by atoms with E-state index in [9.17, 15) is 0 Å². The Bertz CT molecular complexity index is 488. The number of aromatic nitrogens is 2. The zero-order chi connectivity index (χ0) is 17.9. The lowest BCUT2D eigenvalue weighted by atomic mass is 10.2. The van der Waals surface area contributed by atoms with Crippen LogP contribution in [0.15, 0.2) is 23.7 Å². The van der Waals surface area contributed by atoms with Crippen molar-refractivity contribution in [2.75, 3.05) is 45.9 Å². The Labute approximate surface area is 151 Å². The van der Waals surface area contributed by atoms with Crippen LogP contribution in [0, 0.1) is 5.92 Å². The van der Waals surface area contributed by atoms with E-state index in [1.54, 1.807) is 0 Å². The van der Waals surface area contributed by atoms with Gasteiger partial charge in [0, 0.05) is 51.7 Å². The van der Waals surface area contributed by atoms with E-state index in [4.69, 9.17) is 9.73 Å². The molecular formula is C18H34N6O. The van der Waals surface area contributed by atoms with Crippen molar-refractivity contribution < 1.29 is 4.74 Å². The van der Waals surface area contributed by atoms with Gasteiger partial charge in [-0.3, -0.25) is 9.89 Å². The van der Waals surface area contributed by atoms with Crippen LogP contribution in [-0.2, 0) is 11.3 Å². The first-order valence-electron chi connectivity index (χ1n) is 9.49. The number of guanidine groups is 1. The van der Waals surface area contributed by atoms with Gasteiger partial charge in [0.15, 0.2) is 5.96 Å². The number of aliphatic imine (C=N–C) groups is 1. The molecule has 1 unspecified atom stereocenters. The number of nitrogens with zero attached hydrogens (tertiary/aromatic N) is 4. The number of hydrogen-bond acceptors (Lipinski definition) is 4. The van der Waals surface area contributed by atoms with Crippen molar-refractivity contribution in [2.24, 2.45) is 10.9 Å². The molecule has 1 aromatic rings. The fourth-order valence-corrected chi connectivity index (χ4v) is 3.00. The molecule has 2 rings (SSSR count). The predicted molar refractivity (Wildman–Crippen MR) is 102 cm³/mol. The summed E-state index contributed by atoms with van der Waals surface area (Å²) < 4.78 is 7.97. The molecule has 0 aromatic carbocycles. The third kappa shape index (κ3) is 7.88. The average molecular weight is 351 g/mol. The van der Waals surface area contributed by atoms with Crippen molar-refractivity contribution in [3.8, 4) is 0 Å². The molecule has 142 valence electrons. The number of imidazole rings is 1. The predicted octanol–water partition coefficient (Wildman–Crippen LogP) is 1.19.